The fourth-order valence-corrected chi connectivity index (χ4v) is 6.94. The van der Waals surface area contributed by atoms with Crippen molar-refractivity contribution in [3.63, 3.8) is 0 Å². The van der Waals surface area contributed by atoms with Gasteiger partial charge in [-0.2, -0.15) is 5.10 Å². The molecule has 1 atom stereocenters. The SMILES string of the molecule is CCN(CCO)C1(c2cn(CC3CCN(C(=O)c4cn(-c5nc(C)cc(C)n5)nc4C(C)C)CC3(F)F)nn2)CCCCC1. The molecule has 1 saturated heterocycles. The number of carbonyl (C=O) groups is 1. The number of aliphatic hydroxyl groups is 1. The molecule has 0 spiro atoms. The summed E-state index contributed by atoms with van der Waals surface area (Å²) in [5.41, 5.74) is 2.80. The lowest BCUT2D eigenvalue weighted by Gasteiger charge is -2.44. The second-order valence-electron chi connectivity index (χ2n) is 12.7. The number of hydrogen-bond acceptors (Lipinski definition) is 8. The zero-order valence-corrected chi connectivity index (χ0v) is 26.5. The first-order valence-corrected chi connectivity index (χ1v) is 15.8. The standard InChI is InChI=1S/C31H45F2N9O2/c1-6-40(14-15-43)30(11-8-7-9-12-30)26-19-41(38-36-26)17-24-10-13-39(20-31(24,32)33)28(44)25-18-42(37-27(25)21(2)3)29-34-22(4)16-23(5)35-29/h16,18-19,21,24,43H,6-15,17,20H2,1-5H3. The molecule has 13 heteroatoms. The Morgan fingerprint density at radius 1 is 1.14 bits per heavy atom. The van der Waals surface area contributed by atoms with Crippen LogP contribution in [-0.4, -0.2) is 94.3 Å². The van der Waals surface area contributed by atoms with Crippen LogP contribution in [0.1, 0.15) is 98.3 Å². The van der Waals surface area contributed by atoms with E-state index in [4.69, 9.17) is 0 Å². The number of likely N-dealkylation sites (tertiary alicyclic amines) is 1. The Bertz CT molecular complexity index is 1430. The first-order valence-electron chi connectivity index (χ1n) is 15.8. The van der Waals surface area contributed by atoms with Crippen LogP contribution in [-0.2, 0) is 12.1 Å². The summed E-state index contributed by atoms with van der Waals surface area (Å²) in [6, 6.07) is 1.85. The number of rotatable bonds is 10. The minimum absolute atomic E-state index is 0.0173. The van der Waals surface area contributed by atoms with Crippen LogP contribution in [0.15, 0.2) is 18.5 Å². The van der Waals surface area contributed by atoms with Gasteiger partial charge in [0, 0.05) is 36.6 Å². The van der Waals surface area contributed by atoms with E-state index in [2.05, 4.69) is 37.2 Å². The van der Waals surface area contributed by atoms with E-state index < -0.39 is 24.3 Å². The first-order chi connectivity index (χ1) is 21.0. The molecule has 1 saturated carbocycles. The third kappa shape index (κ3) is 6.39. The summed E-state index contributed by atoms with van der Waals surface area (Å²) in [4.78, 5) is 26.0. The molecule has 44 heavy (non-hydrogen) atoms. The number of aromatic nitrogens is 7. The monoisotopic (exact) mass is 613 g/mol. The van der Waals surface area contributed by atoms with Gasteiger partial charge in [0.05, 0.1) is 42.7 Å². The van der Waals surface area contributed by atoms with Gasteiger partial charge in [-0.3, -0.25) is 14.4 Å². The van der Waals surface area contributed by atoms with E-state index in [1.54, 1.807) is 10.9 Å². The van der Waals surface area contributed by atoms with Crippen molar-refractivity contribution < 1.29 is 18.7 Å². The number of nitrogens with zero attached hydrogens (tertiary/aromatic N) is 9. The van der Waals surface area contributed by atoms with Gasteiger partial charge in [0.15, 0.2) is 0 Å². The van der Waals surface area contributed by atoms with Crippen LogP contribution in [0.25, 0.3) is 5.95 Å². The number of carbonyl (C=O) groups excluding carboxylic acids is 1. The molecule has 0 radical (unpaired) electrons. The van der Waals surface area contributed by atoms with Crippen molar-refractivity contribution in [3.8, 4) is 5.95 Å². The molecule has 3 aromatic rings. The van der Waals surface area contributed by atoms with Crippen LogP contribution in [0.2, 0.25) is 0 Å². The minimum atomic E-state index is -3.11. The highest BCUT2D eigenvalue weighted by Gasteiger charge is 2.47. The predicted octanol–water partition coefficient (Wildman–Crippen LogP) is 4.27. The van der Waals surface area contributed by atoms with Crippen LogP contribution in [0.4, 0.5) is 8.78 Å². The molecule has 1 amide bonds. The van der Waals surface area contributed by atoms with E-state index in [0.29, 0.717) is 23.8 Å². The van der Waals surface area contributed by atoms with Crippen LogP contribution in [0.5, 0.6) is 0 Å². The maximum absolute atomic E-state index is 15.7. The third-order valence-electron chi connectivity index (χ3n) is 9.19. The van der Waals surface area contributed by atoms with E-state index in [0.717, 1.165) is 55.7 Å². The fourth-order valence-electron chi connectivity index (χ4n) is 6.94. The Kier molecular flexibility index (Phi) is 9.45. The molecule has 1 aliphatic heterocycles. The molecule has 2 fully saturated rings. The van der Waals surface area contributed by atoms with Gasteiger partial charge in [-0.15, -0.1) is 5.10 Å². The third-order valence-corrected chi connectivity index (χ3v) is 9.19. The van der Waals surface area contributed by atoms with Crippen LogP contribution >= 0.6 is 0 Å². The maximum atomic E-state index is 15.7. The quantitative estimate of drug-likeness (QED) is 0.360. The lowest BCUT2D eigenvalue weighted by atomic mass is 9.78. The molecule has 3 aromatic heterocycles. The zero-order chi connectivity index (χ0) is 31.6. The maximum Gasteiger partial charge on any atom is 0.269 e. The summed E-state index contributed by atoms with van der Waals surface area (Å²) in [5, 5.41) is 23.0. The number of alkyl halides is 2. The molecular weight excluding hydrogens is 568 g/mol. The molecular formula is C31H45F2N9O2. The van der Waals surface area contributed by atoms with Crippen molar-refractivity contribution in [1.82, 2.24) is 44.5 Å². The number of likely N-dealkylation sites (N-methyl/N-ethyl adjacent to an activating group) is 1. The Balaban J connectivity index is 1.32. The smallest absolute Gasteiger partial charge is 0.269 e. The summed E-state index contributed by atoms with van der Waals surface area (Å²) < 4.78 is 34.4. The summed E-state index contributed by atoms with van der Waals surface area (Å²) in [7, 11) is 0. The lowest BCUT2D eigenvalue weighted by Crippen LogP contribution is -2.52. The highest BCUT2D eigenvalue weighted by Crippen LogP contribution is 2.42. The van der Waals surface area contributed by atoms with Gasteiger partial charge in [-0.05, 0) is 51.6 Å². The molecule has 1 aliphatic carbocycles. The minimum Gasteiger partial charge on any atom is -0.395 e. The average Bonchev–Trinajstić information content (AvgIpc) is 3.65. The number of piperidine rings is 1. The molecule has 0 aromatic carbocycles. The van der Waals surface area contributed by atoms with Crippen molar-refractivity contribution in [2.24, 2.45) is 5.92 Å². The van der Waals surface area contributed by atoms with E-state index in [9.17, 15) is 9.90 Å². The number of aryl methyl sites for hydroxylation is 2. The second-order valence-corrected chi connectivity index (χ2v) is 12.7. The second kappa shape index (κ2) is 13.0. The topological polar surface area (TPSA) is 118 Å². The Morgan fingerprint density at radius 2 is 1.84 bits per heavy atom. The molecule has 0 bridgehead atoms. The molecule has 11 nitrogen and oxygen atoms in total. The van der Waals surface area contributed by atoms with Gasteiger partial charge in [-0.25, -0.2) is 23.4 Å². The summed E-state index contributed by atoms with van der Waals surface area (Å²) >= 11 is 0. The molecule has 4 heterocycles. The predicted molar refractivity (Wildman–Crippen MR) is 161 cm³/mol. The van der Waals surface area contributed by atoms with Gasteiger partial charge >= 0.3 is 0 Å². The molecule has 240 valence electrons. The van der Waals surface area contributed by atoms with Crippen LogP contribution < -0.4 is 0 Å². The first kappa shape index (κ1) is 32.1. The number of aliphatic hydroxyl groups excluding tert-OH is 1. The highest BCUT2D eigenvalue weighted by atomic mass is 19.3. The largest absolute Gasteiger partial charge is 0.395 e. The molecule has 5 rings (SSSR count). The van der Waals surface area contributed by atoms with Crippen molar-refractivity contribution >= 4 is 5.91 Å². The summed E-state index contributed by atoms with van der Waals surface area (Å²) in [5.74, 6) is -4.32. The van der Waals surface area contributed by atoms with E-state index >= 15 is 8.78 Å². The van der Waals surface area contributed by atoms with E-state index in [1.165, 1.54) is 9.58 Å². The van der Waals surface area contributed by atoms with Crippen molar-refractivity contribution in [3.05, 3.63) is 46.8 Å². The zero-order valence-electron chi connectivity index (χ0n) is 26.5. The number of halogens is 2. The average molecular weight is 614 g/mol. The molecule has 2 aliphatic rings. The summed E-state index contributed by atoms with van der Waals surface area (Å²) in [6.07, 6.45) is 8.57. The van der Waals surface area contributed by atoms with Crippen molar-refractivity contribution in [2.45, 2.75) is 97.1 Å². The van der Waals surface area contributed by atoms with Crippen LogP contribution in [0, 0.1) is 19.8 Å². The Labute approximate surface area is 257 Å². The molecule has 1 N–H and O–H groups in total. The lowest BCUT2D eigenvalue weighted by molar-refractivity contribution is -0.108. The normalized spacial score (nSPS) is 20.0. The van der Waals surface area contributed by atoms with Gasteiger partial charge in [-0.1, -0.05) is 45.2 Å². The van der Waals surface area contributed by atoms with E-state index in [-0.39, 0.29) is 37.6 Å². The number of amides is 1. The Morgan fingerprint density at radius 3 is 2.45 bits per heavy atom. The number of hydrogen-bond donors (Lipinski definition) is 1. The highest BCUT2D eigenvalue weighted by molar-refractivity contribution is 5.95. The van der Waals surface area contributed by atoms with Gasteiger partial charge in [0.25, 0.3) is 17.8 Å². The fraction of sp³-hybridized carbons (Fsp3) is 0.677. The molecule has 1 unspecified atom stereocenters. The van der Waals surface area contributed by atoms with Crippen molar-refractivity contribution in [2.75, 3.05) is 32.8 Å². The Hall–Kier alpha value is -3.32. The van der Waals surface area contributed by atoms with Gasteiger partial charge < -0.3 is 10.0 Å². The summed E-state index contributed by atoms with van der Waals surface area (Å²) in [6.45, 7) is 10.5. The van der Waals surface area contributed by atoms with Gasteiger partial charge in [0.1, 0.15) is 5.69 Å². The van der Waals surface area contributed by atoms with Crippen LogP contribution in [0.3, 0.4) is 0 Å². The van der Waals surface area contributed by atoms with Crippen molar-refractivity contribution in [1.29, 1.82) is 0 Å². The van der Waals surface area contributed by atoms with Gasteiger partial charge in [0.2, 0.25) is 0 Å². The van der Waals surface area contributed by atoms with E-state index in [1.807, 2.05) is 40.0 Å².